The highest BCUT2D eigenvalue weighted by molar-refractivity contribution is 6.99. The zero-order valence-corrected chi connectivity index (χ0v) is 31.6. The first-order valence-electron chi connectivity index (χ1n) is 19.0. The van der Waals surface area contributed by atoms with Crippen LogP contribution in [0.5, 0.6) is 5.75 Å². The lowest BCUT2D eigenvalue weighted by Gasteiger charge is -2.44. The summed E-state index contributed by atoms with van der Waals surface area (Å²) in [5.74, 6) is -0.552. The van der Waals surface area contributed by atoms with E-state index in [9.17, 15) is 14.7 Å². The second-order valence-corrected chi connectivity index (χ2v) is 20.5. The summed E-state index contributed by atoms with van der Waals surface area (Å²) in [6.07, 6.45) is 9.10. The summed E-state index contributed by atoms with van der Waals surface area (Å²) in [6.45, 7) is 9.82. The van der Waals surface area contributed by atoms with Crippen LogP contribution in [0.25, 0.3) is 6.08 Å². The molecule has 3 aromatic carbocycles. The summed E-state index contributed by atoms with van der Waals surface area (Å²) in [5.41, 5.74) is 4.29. The Bertz CT molecular complexity index is 1750. The Balaban J connectivity index is 1.25. The number of aromatic hydroxyl groups is 1. The zero-order chi connectivity index (χ0) is 35.8. The van der Waals surface area contributed by atoms with E-state index in [4.69, 9.17) is 9.16 Å². The molecule has 4 aliphatic rings. The molecule has 1 saturated carbocycles. The number of allylic oxidation sites excluding steroid dienone is 1. The third kappa shape index (κ3) is 6.69. The minimum Gasteiger partial charge on any atom is -0.507 e. The van der Waals surface area contributed by atoms with Crippen molar-refractivity contribution < 1.29 is 23.9 Å². The number of ether oxygens (including phenoxy) is 1. The quantitative estimate of drug-likeness (QED) is 0.133. The van der Waals surface area contributed by atoms with E-state index >= 15 is 0 Å². The van der Waals surface area contributed by atoms with Crippen LogP contribution >= 0.6 is 0 Å². The Kier molecular flexibility index (Phi) is 10.3. The van der Waals surface area contributed by atoms with Gasteiger partial charge in [-0.15, -0.1) is 0 Å². The van der Waals surface area contributed by atoms with Gasteiger partial charge >= 0.3 is 0 Å². The highest BCUT2D eigenvalue weighted by atomic mass is 28.4. The van der Waals surface area contributed by atoms with Crippen LogP contribution in [-0.2, 0) is 18.8 Å². The Morgan fingerprint density at radius 3 is 2.14 bits per heavy atom. The van der Waals surface area contributed by atoms with Gasteiger partial charge < -0.3 is 14.3 Å². The van der Waals surface area contributed by atoms with Gasteiger partial charge in [0.25, 0.3) is 8.32 Å². The van der Waals surface area contributed by atoms with Crippen molar-refractivity contribution in [3.8, 4) is 5.75 Å². The number of para-hydroxylation sites is 1. The molecule has 2 aliphatic heterocycles. The fourth-order valence-electron chi connectivity index (χ4n) is 9.59. The van der Waals surface area contributed by atoms with E-state index in [1.807, 2.05) is 24.3 Å². The van der Waals surface area contributed by atoms with Crippen LogP contribution in [0.3, 0.4) is 0 Å². The molecule has 3 fully saturated rings. The van der Waals surface area contributed by atoms with Gasteiger partial charge in [-0.1, -0.05) is 131 Å². The molecule has 0 spiro atoms. The van der Waals surface area contributed by atoms with Gasteiger partial charge in [-0.05, 0) is 71.7 Å². The van der Waals surface area contributed by atoms with E-state index in [1.54, 1.807) is 11.0 Å². The molecule has 7 rings (SSSR count). The minimum atomic E-state index is -2.86. The van der Waals surface area contributed by atoms with Gasteiger partial charge in [-0.25, -0.2) is 0 Å². The first kappa shape index (κ1) is 35.6. The molecule has 268 valence electrons. The third-order valence-electron chi connectivity index (χ3n) is 12.0. The lowest BCUT2D eigenvalue weighted by Crippen LogP contribution is -2.66. The Hall–Kier alpha value is -3.78. The largest absolute Gasteiger partial charge is 0.507 e. The number of hydrogen-bond donors (Lipinski definition) is 1. The highest BCUT2D eigenvalue weighted by Crippen LogP contribution is 2.51. The monoisotopic (exact) mass is 703 g/mol. The van der Waals surface area contributed by atoms with Gasteiger partial charge in [0.1, 0.15) is 5.75 Å². The fourth-order valence-corrected chi connectivity index (χ4v) is 14.1. The van der Waals surface area contributed by atoms with E-state index in [2.05, 4.69) is 88.4 Å². The molecule has 51 heavy (non-hydrogen) atoms. The molecular weight excluding hydrogens is 651 g/mol. The van der Waals surface area contributed by atoms with Crippen LogP contribution in [0.2, 0.25) is 5.04 Å². The van der Waals surface area contributed by atoms with Gasteiger partial charge in [0.05, 0.1) is 31.2 Å². The molecular formula is C44H53NO5Si. The second kappa shape index (κ2) is 14.7. The molecule has 0 radical (unpaired) electrons. The first-order chi connectivity index (χ1) is 24.6. The predicted octanol–water partition coefficient (Wildman–Crippen LogP) is 7.80. The number of carbonyl (C=O) groups excluding carboxylic acids is 2. The lowest BCUT2D eigenvalue weighted by atomic mass is 9.69. The average Bonchev–Trinajstić information content (AvgIpc) is 3.67. The predicted molar refractivity (Wildman–Crippen MR) is 205 cm³/mol. The summed E-state index contributed by atoms with van der Waals surface area (Å²) in [5, 5.41) is 12.6. The molecule has 4 atom stereocenters. The Labute approximate surface area is 304 Å². The maximum absolute atomic E-state index is 14.3. The van der Waals surface area contributed by atoms with Crippen molar-refractivity contribution in [3.05, 3.63) is 107 Å². The molecule has 0 aromatic heterocycles. The number of fused-ring (bicyclic) bond motifs is 3. The molecule has 3 aromatic rings. The normalized spacial score (nSPS) is 24.6. The lowest BCUT2D eigenvalue weighted by molar-refractivity contribution is -0.143. The summed E-state index contributed by atoms with van der Waals surface area (Å²) >= 11 is 0. The number of amides is 2. The molecule has 2 heterocycles. The van der Waals surface area contributed by atoms with E-state index < -0.39 is 8.32 Å². The maximum Gasteiger partial charge on any atom is 0.261 e. The first-order valence-corrected chi connectivity index (χ1v) is 20.9. The molecule has 2 amide bonds. The number of phenols is 1. The summed E-state index contributed by atoms with van der Waals surface area (Å²) in [7, 11) is -2.86. The molecule has 2 aliphatic carbocycles. The molecule has 2 saturated heterocycles. The van der Waals surface area contributed by atoms with Gasteiger partial charge in [0, 0.05) is 17.5 Å². The number of nitrogens with zero attached hydrogens (tertiary/aromatic N) is 1. The Morgan fingerprint density at radius 1 is 0.882 bits per heavy atom. The number of rotatable bonds is 10. The van der Waals surface area contributed by atoms with Crippen molar-refractivity contribution in [2.45, 2.75) is 96.2 Å². The van der Waals surface area contributed by atoms with Crippen molar-refractivity contribution >= 4 is 36.6 Å². The number of likely N-dealkylation sites (tertiary alicyclic amines) is 1. The van der Waals surface area contributed by atoms with E-state index in [0.717, 1.165) is 55.2 Å². The van der Waals surface area contributed by atoms with Crippen molar-refractivity contribution in [3.63, 3.8) is 0 Å². The number of phenolic OH excluding ortho intramolecular Hbond substituents is 1. The Morgan fingerprint density at radius 2 is 1.51 bits per heavy atom. The molecule has 7 heteroatoms. The van der Waals surface area contributed by atoms with E-state index in [0.29, 0.717) is 19.6 Å². The SMILES string of the molecule is C/C(=C\c1ccccc1O)CC[C@H]1OC[C@H]2C1=C(CO[Si](c1ccccc1)(c1ccccc1)C(C)(C)C)C[C@H]1C(=O)N(C3CCCCC3)C(=O)[C@H]12. The third-order valence-corrected chi connectivity index (χ3v) is 17.0. The second-order valence-electron chi connectivity index (χ2n) is 16.2. The van der Waals surface area contributed by atoms with E-state index in [1.165, 1.54) is 22.4 Å². The van der Waals surface area contributed by atoms with Gasteiger partial charge in [0.15, 0.2) is 0 Å². The summed E-state index contributed by atoms with van der Waals surface area (Å²) < 4.78 is 14.1. The molecule has 1 N–H and O–H groups in total. The molecule has 0 bridgehead atoms. The fraction of sp³-hybridized carbons (Fsp3) is 0.455. The minimum absolute atomic E-state index is 0.0174. The van der Waals surface area contributed by atoms with Crippen LogP contribution in [0.1, 0.15) is 84.6 Å². The smallest absolute Gasteiger partial charge is 0.261 e. The molecule has 6 nitrogen and oxygen atoms in total. The van der Waals surface area contributed by atoms with Crippen LogP contribution < -0.4 is 10.4 Å². The van der Waals surface area contributed by atoms with Gasteiger partial charge in [-0.2, -0.15) is 0 Å². The average molecular weight is 704 g/mol. The van der Waals surface area contributed by atoms with Crippen molar-refractivity contribution in [1.82, 2.24) is 4.90 Å². The standard InChI is InChI=1S/C44H53NO5Si/c1-30(26-31-16-14-15-23-38(31)46)24-25-39-40-32(27-36-41(37(40)29-49-39)43(48)45(42(36)47)33-17-8-5-9-18-33)28-50-51(44(2,3)4,34-19-10-6-11-20-34)35-21-12-7-13-22-35/h6-7,10-16,19-23,26,33,36-37,39,41,46H,5,8-9,17-18,24-25,27-29H2,1-4H3/b30-26+/t36-,37+,39-,41-/m1/s1. The maximum atomic E-state index is 14.3. The zero-order valence-electron chi connectivity index (χ0n) is 30.6. The topological polar surface area (TPSA) is 76.1 Å². The number of benzene rings is 3. The highest BCUT2D eigenvalue weighted by Gasteiger charge is 2.59. The van der Waals surface area contributed by atoms with Crippen LogP contribution in [-0.4, -0.2) is 55.5 Å². The summed E-state index contributed by atoms with van der Waals surface area (Å²) in [4.78, 5) is 30.2. The van der Waals surface area contributed by atoms with Gasteiger partial charge in [-0.3, -0.25) is 14.5 Å². The number of carbonyl (C=O) groups is 2. The van der Waals surface area contributed by atoms with Crippen LogP contribution in [0.15, 0.2) is 102 Å². The van der Waals surface area contributed by atoms with Crippen molar-refractivity contribution in [1.29, 1.82) is 0 Å². The van der Waals surface area contributed by atoms with Crippen LogP contribution in [0, 0.1) is 17.8 Å². The van der Waals surface area contributed by atoms with Gasteiger partial charge in [0.2, 0.25) is 11.8 Å². The van der Waals surface area contributed by atoms with Crippen molar-refractivity contribution in [2.75, 3.05) is 13.2 Å². The van der Waals surface area contributed by atoms with Crippen molar-refractivity contribution in [2.24, 2.45) is 17.8 Å². The number of hydrogen-bond acceptors (Lipinski definition) is 5. The van der Waals surface area contributed by atoms with E-state index in [-0.39, 0.29) is 52.5 Å². The molecule has 0 unspecified atom stereocenters. The van der Waals surface area contributed by atoms with Crippen LogP contribution in [0.4, 0.5) is 0 Å². The summed E-state index contributed by atoms with van der Waals surface area (Å²) in [6, 6.07) is 28.8. The number of imide groups is 1.